The van der Waals surface area contributed by atoms with E-state index < -0.39 is 0 Å². The Hall–Kier alpha value is -1.08. The molecule has 1 nitrogen and oxygen atoms in total. The Kier molecular flexibility index (Phi) is 2.56. The molecule has 0 aromatic heterocycles. The smallest absolute Gasteiger partial charge is 0.0361 e. The molecule has 0 N–H and O–H groups in total. The maximum Gasteiger partial charge on any atom is 0.0361 e. The van der Waals surface area contributed by atoms with Crippen LogP contribution in [0.2, 0.25) is 0 Å². The lowest BCUT2D eigenvalue weighted by atomic mass is 9.92. The third-order valence-electron chi connectivity index (χ3n) is 3.95. The third-order valence-corrected chi connectivity index (χ3v) is 3.95. The first-order chi connectivity index (χ1) is 7.92. The molecule has 1 aromatic rings. The van der Waals surface area contributed by atoms with Gasteiger partial charge < -0.3 is 0 Å². The van der Waals surface area contributed by atoms with E-state index >= 15 is 0 Å². The average molecular weight is 213 g/mol. The number of benzene rings is 1. The first-order valence-electron chi connectivity index (χ1n) is 6.41. The number of allylic oxidation sites excluding steroid dienone is 1. The molecule has 0 saturated carbocycles. The van der Waals surface area contributed by atoms with Crippen LogP contribution >= 0.6 is 0 Å². The molecular weight excluding hydrogens is 194 g/mol. The molecular formula is C15H19N. The minimum absolute atomic E-state index is 0.697. The van der Waals surface area contributed by atoms with Gasteiger partial charge in [0.25, 0.3) is 0 Å². The van der Waals surface area contributed by atoms with Crippen molar-refractivity contribution in [2.75, 3.05) is 6.54 Å². The summed E-state index contributed by atoms with van der Waals surface area (Å²) in [5.41, 5.74) is 3.17. The highest BCUT2D eigenvalue weighted by Gasteiger charge is 2.42. The van der Waals surface area contributed by atoms with Gasteiger partial charge in [0.15, 0.2) is 0 Å². The van der Waals surface area contributed by atoms with Crippen molar-refractivity contribution in [1.29, 1.82) is 0 Å². The molecule has 2 aliphatic rings. The van der Waals surface area contributed by atoms with Gasteiger partial charge in [0, 0.05) is 18.6 Å². The van der Waals surface area contributed by atoms with E-state index in [0.717, 1.165) is 13.0 Å². The number of rotatable bonds is 3. The molecule has 2 heterocycles. The summed E-state index contributed by atoms with van der Waals surface area (Å²) in [5.74, 6) is 0. The number of nitrogens with zero attached hydrogens (tertiary/aromatic N) is 1. The lowest BCUT2D eigenvalue weighted by Crippen LogP contribution is -2.19. The molecule has 1 saturated heterocycles. The maximum atomic E-state index is 2.66. The van der Waals surface area contributed by atoms with Crippen molar-refractivity contribution in [2.45, 2.75) is 38.3 Å². The van der Waals surface area contributed by atoms with Gasteiger partial charge in [0.2, 0.25) is 0 Å². The zero-order valence-electron chi connectivity index (χ0n) is 9.89. The van der Waals surface area contributed by atoms with E-state index in [0.29, 0.717) is 12.1 Å². The van der Waals surface area contributed by atoms with Crippen LogP contribution in [0.1, 0.15) is 49.4 Å². The predicted octanol–water partition coefficient (Wildman–Crippen LogP) is 3.84. The molecule has 16 heavy (non-hydrogen) atoms. The van der Waals surface area contributed by atoms with Crippen LogP contribution in [0.15, 0.2) is 36.4 Å². The van der Waals surface area contributed by atoms with E-state index in [-0.39, 0.29) is 0 Å². The van der Waals surface area contributed by atoms with Crippen LogP contribution in [0, 0.1) is 0 Å². The molecule has 2 unspecified atom stereocenters. The Balaban J connectivity index is 1.84. The van der Waals surface area contributed by atoms with Crippen molar-refractivity contribution in [3.63, 3.8) is 0 Å². The van der Waals surface area contributed by atoms with Crippen LogP contribution in [0.25, 0.3) is 0 Å². The van der Waals surface area contributed by atoms with E-state index in [1.807, 2.05) is 0 Å². The molecule has 1 heteroatoms. The fraction of sp³-hybridized carbons (Fsp3) is 0.467. The minimum Gasteiger partial charge on any atom is -0.286 e. The Labute approximate surface area is 97.8 Å². The predicted molar refractivity (Wildman–Crippen MR) is 67.3 cm³/mol. The number of hydrogen-bond donors (Lipinski definition) is 0. The molecule has 0 amide bonds. The molecule has 1 aromatic carbocycles. The quantitative estimate of drug-likeness (QED) is 0.689. The third kappa shape index (κ3) is 1.42. The van der Waals surface area contributed by atoms with Crippen molar-refractivity contribution >= 4 is 0 Å². The van der Waals surface area contributed by atoms with Crippen LogP contribution in [0.3, 0.4) is 0 Å². The average Bonchev–Trinajstić information content (AvgIpc) is 2.86. The summed E-state index contributed by atoms with van der Waals surface area (Å²) in [7, 11) is 0. The molecule has 84 valence electrons. The number of fused-ring (bicyclic) bond motifs is 5. The molecule has 0 spiro atoms. The topological polar surface area (TPSA) is 3.24 Å². The highest BCUT2D eigenvalue weighted by Crippen LogP contribution is 2.52. The maximum absolute atomic E-state index is 2.66. The summed E-state index contributed by atoms with van der Waals surface area (Å²) in [6.45, 7) is 3.32. The second-order valence-electron chi connectivity index (χ2n) is 4.81. The molecule has 0 aliphatic carbocycles. The standard InChI is InChI=1S/C15H19N/c1-2-3-6-11-16-14-9-10-15(16)13-8-5-4-7-12(13)14/h3-8,14-15H,2,9-11H2,1H3/b6-3+. The van der Waals surface area contributed by atoms with Gasteiger partial charge in [-0.2, -0.15) is 0 Å². The van der Waals surface area contributed by atoms with Crippen molar-refractivity contribution in [1.82, 2.24) is 4.90 Å². The summed E-state index contributed by atoms with van der Waals surface area (Å²) >= 11 is 0. The fourth-order valence-electron chi connectivity index (χ4n) is 3.27. The Morgan fingerprint density at radius 3 is 2.31 bits per heavy atom. The van der Waals surface area contributed by atoms with E-state index in [2.05, 4.69) is 48.2 Å². The van der Waals surface area contributed by atoms with E-state index in [1.165, 1.54) is 12.8 Å². The van der Waals surface area contributed by atoms with Crippen molar-refractivity contribution in [2.24, 2.45) is 0 Å². The summed E-state index contributed by atoms with van der Waals surface area (Å²) in [6, 6.07) is 10.4. The van der Waals surface area contributed by atoms with Crippen LogP contribution in [-0.2, 0) is 0 Å². The summed E-state index contributed by atoms with van der Waals surface area (Å²) in [6.07, 6.45) is 8.46. The zero-order valence-corrected chi connectivity index (χ0v) is 9.89. The van der Waals surface area contributed by atoms with Crippen LogP contribution in [-0.4, -0.2) is 11.4 Å². The monoisotopic (exact) mass is 213 g/mol. The second kappa shape index (κ2) is 4.06. The van der Waals surface area contributed by atoms with E-state index in [4.69, 9.17) is 0 Å². The lowest BCUT2D eigenvalue weighted by molar-refractivity contribution is 0.249. The zero-order chi connectivity index (χ0) is 11.0. The molecule has 2 aliphatic heterocycles. The van der Waals surface area contributed by atoms with Gasteiger partial charge in [-0.05, 0) is 30.4 Å². The SMILES string of the molecule is CC/C=C/CN1C2CCC1c1ccccc12. The van der Waals surface area contributed by atoms with Crippen LogP contribution in [0.4, 0.5) is 0 Å². The normalized spacial score (nSPS) is 27.8. The van der Waals surface area contributed by atoms with Crippen molar-refractivity contribution in [3.05, 3.63) is 47.5 Å². The van der Waals surface area contributed by atoms with Crippen LogP contribution < -0.4 is 0 Å². The Morgan fingerprint density at radius 1 is 1.12 bits per heavy atom. The van der Waals surface area contributed by atoms with Crippen LogP contribution in [0.5, 0.6) is 0 Å². The summed E-state index contributed by atoms with van der Waals surface area (Å²) in [4.78, 5) is 2.66. The van der Waals surface area contributed by atoms with Gasteiger partial charge in [-0.3, -0.25) is 4.90 Å². The van der Waals surface area contributed by atoms with Crippen molar-refractivity contribution < 1.29 is 0 Å². The summed E-state index contributed by atoms with van der Waals surface area (Å²) in [5, 5.41) is 0. The first-order valence-corrected chi connectivity index (χ1v) is 6.41. The van der Waals surface area contributed by atoms with E-state index in [9.17, 15) is 0 Å². The first kappa shape index (κ1) is 10.1. The highest BCUT2D eigenvalue weighted by molar-refractivity contribution is 5.40. The van der Waals surface area contributed by atoms with Crippen molar-refractivity contribution in [3.8, 4) is 0 Å². The van der Waals surface area contributed by atoms with Gasteiger partial charge >= 0.3 is 0 Å². The Morgan fingerprint density at radius 2 is 1.75 bits per heavy atom. The molecule has 1 fully saturated rings. The molecule has 0 radical (unpaired) electrons. The van der Waals surface area contributed by atoms with Gasteiger partial charge in [-0.1, -0.05) is 43.3 Å². The molecule has 3 rings (SSSR count). The lowest BCUT2D eigenvalue weighted by Gasteiger charge is -2.19. The minimum atomic E-state index is 0.697. The van der Waals surface area contributed by atoms with Gasteiger partial charge in [0.05, 0.1) is 0 Å². The summed E-state index contributed by atoms with van der Waals surface area (Å²) < 4.78 is 0. The highest BCUT2D eigenvalue weighted by atomic mass is 15.2. The Bertz CT molecular complexity index is 377. The van der Waals surface area contributed by atoms with Gasteiger partial charge in [0.1, 0.15) is 0 Å². The van der Waals surface area contributed by atoms with Gasteiger partial charge in [-0.25, -0.2) is 0 Å². The van der Waals surface area contributed by atoms with Gasteiger partial charge in [-0.15, -0.1) is 0 Å². The fourth-order valence-corrected chi connectivity index (χ4v) is 3.27. The number of hydrogen-bond acceptors (Lipinski definition) is 1. The van der Waals surface area contributed by atoms with E-state index in [1.54, 1.807) is 11.1 Å². The molecule has 2 bridgehead atoms. The largest absolute Gasteiger partial charge is 0.286 e. The second-order valence-corrected chi connectivity index (χ2v) is 4.81. The molecule has 2 atom stereocenters.